The third-order valence-electron chi connectivity index (χ3n) is 2.14. The molecule has 1 nitrogen and oxygen atoms in total. The Labute approximate surface area is 120 Å². The van der Waals surface area contributed by atoms with Crippen molar-refractivity contribution in [3.8, 4) is 0 Å². The molecule has 1 aromatic rings. The van der Waals surface area contributed by atoms with Gasteiger partial charge < -0.3 is 0 Å². The van der Waals surface area contributed by atoms with Gasteiger partial charge in [-0.25, -0.2) is 0 Å². The molecule has 98 valence electrons. The lowest BCUT2D eigenvalue weighted by Gasteiger charge is -2.00. The van der Waals surface area contributed by atoms with E-state index in [0.717, 1.165) is 11.3 Å². The summed E-state index contributed by atoms with van der Waals surface area (Å²) in [5.74, 6) is 2.19. The summed E-state index contributed by atoms with van der Waals surface area (Å²) in [5.41, 5.74) is 2.38. The molecule has 0 amide bonds. The van der Waals surface area contributed by atoms with Gasteiger partial charge in [0.1, 0.15) is 0 Å². The molecule has 0 saturated carbocycles. The van der Waals surface area contributed by atoms with Gasteiger partial charge in [0.25, 0.3) is 0 Å². The van der Waals surface area contributed by atoms with Crippen LogP contribution in [0.25, 0.3) is 0 Å². The molecule has 0 spiro atoms. The minimum absolute atomic E-state index is 0.621. The van der Waals surface area contributed by atoms with Crippen molar-refractivity contribution in [3.05, 3.63) is 59.5 Å². The summed E-state index contributed by atoms with van der Waals surface area (Å²) in [6.45, 7) is 5.71. The van der Waals surface area contributed by atoms with E-state index in [9.17, 15) is 4.21 Å². The first-order valence-electron chi connectivity index (χ1n) is 5.67. The largest absolute Gasteiger partial charge is 0.259 e. The minimum Gasteiger partial charge on any atom is -0.259 e. The molecule has 4 heteroatoms. The highest BCUT2D eigenvalue weighted by atomic mass is 33.1. The molecule has 0 aliphatic carbocycles. The van der Waals surface area contributed by atoms with Crippen LogP contribution in [0.5, 0.6) is 0 Å². The Kier molecular flexibility index (Phi) is 8.22. The molecule has 18 heavy (non-hydrogen) atoms. The second-order valence-corrected chi connectivity index (χ2v) is 7.60. The first-order valence-corrected chi connectivity index (χ1v) is 9.54. The molecular weight excluding hydrogens is 280 g/mol. The van der Waals surface area contributed by atoms with Gasteiger partial charge in [0.2, 0.25) is 0 Å². The van der Waals surface area contributed by atoms with Crippen molar-refractivity contribution in [2.24, 2.45) is 0 Å². The lowest BCUT2D eigenvalue weighted by molar-refractivity contribution is 0.684. The van der Waals surface area contributed by atoms with Crippen molar-refractivity contribution in [1.29, 1.82) is 0 Å². The Morgan fingerprint density at radius 1 is 1.33 bits per heavy atom. The fourth-order valence-corrected chi connectivity index (χ4v) is 3.78. The van der Waals surface area contributed by atoms with Crippen molar-refractivity contribution < 1.29 is 4.21 Å². The van der Waals surface area contributed by atoms with E-state index in [1.807, 2.05) is 29.7 Å². The fourth-order valence-electron chi connectivity index (χ4n) is 1.24. The summed E-state index contributed by atoms with van der Waals surface area (Å²) < 4.78 is 11.8. The van der Waals surface area contributed by atoms with Crippen LogP contribution in [-0.2, 0) is 16.6 Å². The maximum atomic E-state index is 11.8. The molecule has 1 atom stereocenters. The maximum absolute atomic E-state index is 11.8. The van der Waals surface area contributed by atoms with Gasteiger partial charge in [-0.05, 0) is 17.9 Å². The van der Waals surface area contributed by atoms with Gasteiger partial charge in [-0.2, -0.15) is 0 Å². The monoisotopic (exact) mass is 298 g/mol. The van der Waals surface area contributed by atoms with Crippen molar-refractivity contribution in [3.63, 3.8) is 0 Å². The van der Waals surface area contributed by atoms with Crippen LogP contribution < -0.4 is 0 Å². The Hall–Kier alpha value is -0.450. The summed E-state index contributed by atoms with van der Waals surface area (Å²) >= 11 is 0. The van der Waals surface area contributed by atoms with E-state index < -0.39 is 10.8 Å². The zero-order chi connectivity index (χ0) is 13.2. The van der Waals surface area contributed by atoms with Gasteiger partial charge in [-0.15, -0.1) is 6.58 Å². The molecule has 0 bridgehead atoms. The number of benzene rings is 1. The van der Waals surface area contributed by atoms with Gasteiger partial charge >= 0.3 is 0 Å². The molecule has 0 radical (unpaired) electrons. The molecule has 1 unspecified atom stereocenters. The second kappa shape index (κ2) is 9.48. The lowest BCUT2D eigenvalue weighted by atomic mass is 10.2. The van der Waals surface area contributed by atoms with E-state index in [4.69, 9.17) is 0 Å². The van der Waals surface area contributed by atoms with Crippen molar-refractivity contribution in [1.82, 2.24) is 0 Å². The smallest absolute Gasteiger partial charge is 0.0488 e. The zero-order valence-electron chi connectivity index (χ0n) is 10.5. The molecule has 0 saturated heterocycles. The van der Waals surface area contributed by atoms with Gasteiger partial charge in [0, 0.05) is 28.1 Å². The highest BCUT2D eigenvalue weighted by molar-refractivity contribution is 8.77. The van der Waals surface area contributed by atoms with E-state index in [0.29, 0.717) is 11.5 Å². The number of hydrogen-bond donors (Lipinski definition) is 0. The number of hydrogen-bond acceptors (Lipinski definition) is 3. The molecule has 0 fully saturated rings. The quantitative estimate of drug-likeness (QED) is 0.404. The predicted molar refractivity (Wildman–Crippen MR) is 87.3 cm³/mol. The molecule has 1 rings (SSSR count). The standard InChI is InChI=1S/C14H18OS3/c1-3-9-16-17-10-4-11-18(15)12-14-7-5-13(2)6-8-14/h3-8,10H,1,9,11-12H2,2H3/b10-4+. The molecule has 0 N–H and O–H groups in total. The van der Waals surface area contributed by atoms with E-state index in [1.165, 1.54) is 5.56 Å². The average molecular weight is 298 g/mol. The number of aryl methyl sites for hydroxylation is 1. The van der Waals surface area contributed by atoms with Crippen LogP contribution in [0.2, 0.25) is 0 Å². The predicted octanol–water partition coefficient (Wildman–Crippen LogP) is 4.32. The van der Waals surface area contributed by atoms with Crippen LogP contribution in [0.4, 0.5) is 0 Å². The van der Waals surface area contributed by atoms with Crippen molar-refractivity contribution in [2.45, 2.75) is 12.7 Å². The Morgan fingerprint density at radius 2 is 2.06 bits per heavy atom. The first-order chi connectivity index (χ1) is 8.72. The van der Waals surface area contributed by atoms with Gasteiger partial charge in [-0.1, -0.05) is 63.6 Å². The average Bonchev–Trinajstić information content (AvgIpc) is 2.36. The maximum Gasteiger partial charge on any atom is 0.0488 e. The Bertz CT molecular complexity index is 410. The third kappa shape index (κ3) is 7.09. The Balaban J connectivity index is 2.25. The highest BCUT2D eigenvalue weighted by Gasteiger charge is 1.99. The SMILES string of the molecule is C=CCSS/C=C/CS(=O)Cc1ccc(C)cc1. The first kappa shape index (κ1) is 15.6. The summed E-state index contributed by atoms with van der Waals surface area (Å²) in [4.78, 5) is 0. The van der Waals surface area contributed by atoms with Gasteiger partial charge in [0.15, 0.2) is 0 Å². The number of rotatable bonds is 8. The van der Waals surface area contributed by atoms with Gasteiger partial charge in [0.05, 0.1) is 0 Å². The minimum atomic E-state index is -0.814. The van der Waals surface area contributed by atoms with E-state index in [-0.39, 0.29) is 0 Å². The van der Waals surface area contributed by atoms with E-state index in [1.54, 1.807) is 21.6 Å². The third-order valence-corrected chi connectivity index (χ3v) is 5.32. The summed E-state index contributed by atoms with van der Waals surface area (Å²) in [5, 5.41) is 2.00. The highest BCUT2D eigenvalue weighted by Crippen LogP contribution is 2.21. The summed E-state index contributed by atoms with van der Waals surface area (Å²) in [7, 11) is 2.57. The van der Waals surface area contributed by atoms with Crippen LogP contribution in [0.3, 0.4) is 0 Å². The molecule has 0 aromatic heterocycles. The van der Waals surface area contributed by atoms with Crippen LogP contribution in [0, 0.1) is 6.92 Å². The van der Waals surface area contributed by atoms with E-state index >= 15 is 0 Å². The Morgan fingerprint density at radius 3 is 2.72 bits per heavy atom. The van der Waals surface area contributed by atoms with Crippen LogP contribution in [0.15, 0.2) is 48.4 Å². The van der Waals surface area contributed by atoms with Crippen molar-refractivity contribution >= 4 is 32.4 Å². The molecule has 0 aliphatic heterocycles. The zero-order valence-corrected chi connectivity index (χ0v) is 13.0. The fraction of sp³-hybridized carbons (Fsp3) is 0.286. The second-order valence-electron chi connectivity index (χ2n) is 3.78. The summed E-state index contributed by atoms with van der Waals surface area (Å²) in [6, 6.07) is 8.21. The topological polar surface area (TPSA) is 17.1 Å². The lowest BCUT2D eigenvalue weighted by Crippen LogP contribution is -1.98. The molecule has 1 aromatic carbocycles. The van der Waals surface area contributed by atoms with Crippen LogP contribution in [0.1, 0.15) is 11.1 Å². The molecule has 0 heterocycles. The van der Waals surface area contributed by atoms with Gasteiger partial charge in [-0.3, -0.25) is 4.21 Å². The van der Waals surface area contributed by atoms with E-state index in [2.05, 4.69) is 25.6 Å². The molecular formula is C14H18OS3. The van der Waals surface area contributed by atoms with Crippen LogP contribution in [-0.4, -0.2) is 15.7 Å². The van der Waals surface area contributed by atoms with Crippen molar-refractivity contribution in [2.75, 3.05) is 11.5 Å². The molecule has 0 aliphatic rings. The summed E-state index contributed by atoms with van der Waals surface area (Å²) in [6.07, 6.45) is 3.85. The van der Waals surface area contributed by atoms with Crippen LogP contribution >= 0.6 is 21.6 Å². The normalized spacial score (nSPS) is 12.7.